The zero-order valence-electron chi connectivity index (χ0n) is 16.9. The summed E-state index contributed by atoms with van der Waals surface area (Å²) in [4.78, 5) is 12.5. The van der Waals surface area contributed by atoms with Crippen LogP contribution in [0.2, 0.25) is 0 Å². The van der Waals surface area contributed by atoms with E-state index in [0.29, 0.717) is 34.6 Å². The standard InChI is InChI=1S/C22H24N4O3/c1-14(2)16-7-5-6-8-17(16)23-20-11-12-21(26-25-20)24-22(27)15-9-10-18(28-3)19(13-15)29-4/h5-14H,1-4H3,(H,23,25)(H,24,26,27). The van der Waals surface area contributed by atoms with Crippen molar-refractivity contribution < 1.29 is 14.3 Å². The number of para-hydroxylation sites is 1. The van der Waals surface area contributed by atoms with E-state index < -0.39 is 0 Å². The Morgan fingerprint density at radius 3 is 2.24 bits per heavy atom. The molecule has 3 aromatic rings. The normalized spacial score (nSPS) is 10.5. The van der Waals surface area contributed by atoms with Crippen LogP contribution in [0.25, 0.3) is 0 Å². The van der Waals surface area contributed by atoms with Crippen LogP contribution in [0.5, 0.6) is 11.5 Å². The lowest BCUT2D eigenvalue weighted by molar-refractivity contribution is 0.102. The third kappa shape index (κ3) is 4.82. The highest BCUT2D eigenvalue weighted by Crippen LogP contribution is 2.28. The number of carbonyl (C=O) groups is 1. The third-order valence-corrected chi connectivity index (χ3v) is 4.40. The minimum Gasteiger partial charge on any atom is -0.493 e. The summed E-state index contributed by atoms with van der Waals surface area (Å²) in [5, 5.41) is 14.3. The summed E-state index contributed by atoms with van der Waals surface area (Å²) in [7, 11) is 3.07. The van der Waals surface area contributed by atoms with Crippen LogP contribution in [0.15, 0.2) is 54.6 Å². The van der Waals surface area contributed by atoms with Gasteiger partial charge < -0.3 is 20.1 Å². The van der Waals surface area contributed by atoms with Gasteiger partial charge in [-0.25, -0.2) is 0 Å². The van der Waals surface area contributed by atoms with Crippen molar-refractivity contribution in [2.45, 2.75) is 19.8 Å². The van der Waals surface area contributed by atoms with Gasteiger partial charge in [0.05, 0.1) is 14.2 Å². The Morgan fingerprint density at radius 2 is 1.59 bits per heavy atom. The number of carbonyl (C=O) groups excluding carboxylic acids is 1. The fraction of sp³-hybridized carbons (Fsp3) is 0.227. The van der Waals surface area contributed by atoms with Gasteiger partial charge in [-0.15, -0.1) is 10.2 Å². The molecule has 0 fully saturated rings. The molecule has 0 spiro atoms. The van der Waals surface area contributed by atoms with Crippen molar-refractivity contribution in [3.8, 4) is 11.5 Å². The van der Waals surface area contributed by atoms with E-state index in [2.05, 4.69) is 40.7 Å². The van der Waals surface area contributed by atoms with Crippen LogP contribution in [-0.4, -0.2) is 30.3 Å². The van der Waals surface area contributed by atoms with Crippen LogP contribution in [-0.2, 0) is 0 Å². The van der Waals surface area contributed by atoms with Crippen LogP contribution in [0.3, 0.4) is 0 Å². The number of rotatable bonds is 7. The van der Waals surface area contributed by atoms with Gasteiger partial charge in [0.2, 0.25) is 0 Å². The Labute approximate surface area is 170 Å². The number of hydrogen-bond donors (Lipinski definition) is 2. The monoisotopic (exact) mass is 392 g/mol. The lowest BCUT2D eigenvalue weighted by atomic mass is 10.0. The molecule has 7 heteroatoms. The summed E-state index contributed by atoms with van der Waals surface area (Å²) in [5.74, 6) is 2.06. The minimum absolute atomic E-state index is 0.314. The molecule has 2 aromatic carbocycles. The summed E-state index contributed by atoms with van der Waals surface area (Å²) in [6.45, 7) is 4.28. The van der Waals surface area contributed by atoms with E-state index >= 15 is 0 Å². The summed E-state index contributed by atoms with van der Waals surface area (Å²) in [6.07, 6.45) is 0. The maximum absolute atomic E-state index is 12.5. The van der Waals surface area contributed by atoms with Gasteiger partial charge in [0, 0.05) is 11.3 Å². The molecule has 0 saturated heterocycles. The lowest BCUT2D eigenvalue weighted by Crippen LogP contribution is -2.13. The Balaban J connectivity index is 1.70. The SMILES string of the molecule is COc1ccc(C(=O)Nc2ccc(Nc3ccccc3C(C)C)nn2)cc1OC. The maximum Gasteiger partial charge on any atom is 0.257 e. The van der Waals surface area contributed by atoms with Gasteiger partial charge in [0.15, 0.2) is 23.1 Å². The molecule has 1 amide bonds. The molecule has 29 heavy (non-hydrogen) atoms. The van der Waals surface area contributed by atoms with E-state index in [4.69, 9.17) is 9.47 Å². The van der Waals surface area contributed by atoms with E-state index in [1.807, 2.05) is 18.2 Å². The first kappa shape index (κ1) is 20.1. The first-order chi connectivity index (χ1) is 14.0. The second-order valence-corrected chi connectivity index (χ2v) is 6.69. The van der Waals surface area contributed by atoms with Gasteiger partial charge in [-0.1, -0.05) is 32.0 Å². The maximum atomic E-state index is 12.5. The second kappa shape index (κ2) is 9.05. The largest absolute Gasteiger partial charge is 0.493 e. The zero-order chi connectivity index (χ0) is 20.8. The van der Waals surface area contributed by atoms with E-state index in [0.717, 1.165) is 5.69 Å². The number of benzene rings is 2. The van der Waals surface area contributed by atoms with E-state index in [1.54, 1.807) is 37.4 Å². The van der Waals surface area contributed by atoms with Crippen molar-refractivity contribution in [2.24, 2.45) is 0 Å². The van der Waals surface area contributed by atoms with Crippen molar-refractivity contribution in [3.05, 3.63) is 65.7 Å². The van der Waals surface area contributed by atoms with Crippen molar-refractivity contribution in [1.29, 1.82) is 0 Å². The molecule has 2 N–H and O–H groups in total. The predicted octanol–water partition coefficient (Wildman–Crippen LogP) is 4.61. The molecule has 1 aromatic heterocycles. The average molecular weight is 392 g/mol. The van der Waals surface area contributed by atoms with Crippen LogP contribution in [0.1, 0.15) is 35.7 Å². The van der Waals surface area contributed by atoms with Crippen LogP contribution >= 0.6 is 0 Å². The molecule has 0 unspecified atom stereocenters. The quantitative estimate of drug-likeness (QED) is 0.611. The molecule has 0 saturated carbocycles. The Hall–Kier alpha value is -3.61. The lowest BCUT2D eigenvalue weighted by Gasteiger charge is -2.14. The number of hydrogen-bond acceptors (Lipinski definition) is 6. The molecule has 1 heterocycles. The molecule has 0 aliphatic carbocycles. The number of nitrogens with zero attached hydrogens (tertiary/aromatic N) is 2. The minimum atomic E-state index is -0.314. The number of amides is 1. The average Bonchev–Trinajstić information content (AvgIpc) is 2.74. The van der Waals surface area contributed by atoms with Crippen molar-refractivity contribution in [3.63, 3.8) is 0 Å². The second-order valence-electron chi connectivity index (χ2n) is 6.69. The first-order valence-electron chi connectivity index (χ1n) is 9.25. The van der Waals surface area contributed by atoms with Crippen LogP contribution in [0.4, 0.5) is 17.3 Å². The fourth-order valence-electron chi connectivity index (χ4n) is 2.88. The van der Waals surface area contributed by atoms with Crippen molar-refractivity contribution in [2.75, 3.05) is 24.9 Å². The Morgan fingerprint density at radius 1 is 0.897 bits per heavy atom. The highest BCUT2D eigenvalue weighted by atomic mass is 16.5. The molecular weight excluding hydrogens is 368 g/mol. The number of aromatic nitrogens is 2. The molecular formula is C22H24N4O3. The summed E-state index contributed by atoms with van der Waals surface area (Å²) in [5.41, 5.74) is 2.61. The van der Waals surface area contributed by atoms with E-state index in [9.17, 15) is 4.79 Å². The highest BCUT2D eigenvalue weighted by molar-refractivity contribution is 6.04. The van der Waals surface area contributed by atoms with Crippen LogP contribution < -0.4 is 20.1 Å². The molecule has 7 nitrogen and oxygen atoms in total. The molecule has 0 aliphatic rings. The topological polar surface area (TPSA) is 85.4 Å². The van der Waals surface area contributed by atoms with Gasteiger partial charge >= 0.3 is 0 Å². The van der Waals surface area contributed by atoms with Gasteiger partial charge in [-0.3, -0.25) is 4.79 Å². The summed E-state index contributed by atoms with van der Waals surface area (Å²) < 4.78 is 10.4. The van der Waals surface area contributed by atoms with E-state index in [1.165, 1.54) is 12.7 Å². The molecule has 0 aliphatic heterocycles. The van der Waals surface area contributed by atoms with Gasteiger partial charge in [-0.2, -0.15) is 0 Å². The summed E-state index contributed by atoms with van der Waals surface area (Å²) >= 11 is 0. The van der Waals surface area contributed by atoms with Crippen molar-refractivity contribution in [1.82, 2.24) is 10.2 Å². The number of methoxy groups -OCH3 is 2. The number of nitrogens with one attached hydrogen (secondary N) is 2. The summed E-state index contributed by atoms with van der Waals surface area (Å²) in [6, 6.07) is 16.5. The van der Waals surface area contributed by atoms with Crippen molar-refractivity contribution >= 4 is 23.2 Å². The van der Waals surface area contributed by atoms with Gasteiger partial charge in [-0.05, 0) is 47.9 Å². The molecule has 0 atom stereocenters. The molecule has 0 bridgehead atoms. The number of ether oxygens (including phenoxy) is 2. The smallest absolute Gasteiger partial charge is 0.257 e. The number of anilines is 3. The Bertz CT molecular complexity index is 988. The van der Waals surface area contributed by atoms with E-state index in [-0.39, 0.29) is 5.91 Å². The van der Waals surface area contributed by atoms with Gasteiger partial charge in [0.25, 0.3) is 5.91 Å². The Kier molecular flexibility index (Phi) is 6.29. The highest BCUT2D eigenvalue weighted by Gasteiger charge is 2.12. The molecule has 3 rings (SSSR count). The third-order valence-electron chi connectivity index (χ3n) is 4.40. The predicted molar refractivity (Wildman–Crippen MR) is 113 cm³/mol. The molecule has 0 radical (unpaired) electrons. The fourth-order valence-corrected chi connectivity index (χ4v) is 2.88. The van der Waals surface area contributed by atoms with Gasteiger partial charge in [0.1, 0.15) is 0 Å². The van der Waals surface area contributed by atoms with Crippen LogP contribution in [0, 0.1) is 0 Å². The zero-order valence-corrected chi connectivity index (χ0v) is 16.9. The first-order valence-corrected chi connectivity index (χ1v) is 9.25. The molecule has 150 valence electrons.